The number of rotatable bonds is 27. The molecule has 468 valence electrons. The highest BCUT2D eigenvalue weighted by Gasteiger charge is 2.61. The average Bonchev–Trinajstić information content (AvgIpc) is 1.60. The number of carbonyl (C=O) groups is 5. The number of aryl methyl sites for hydroxylation is 1. The third kappa shape index (κ3) is 17.4. The van der Waals surface area contributed by atoms with Gasteiger partial charge in [-0.2, -0.15) is 5.26 Å². The first-order valence-corrected chi connectivity index (χ1v) is 30.2. The van der Waals surface area contributed by atoms with Gasteiger partial charge in [0.2, 0.25) is 23.6 Å². The Kier molecular flexibility index (Phi) is 23.8. The quantitative estimate of drug-likeness (QED) is 0.0271. The fraction of sp³-hybridized carbons (Fsp3) is 0.476. The van der Waals surface area contributed by atoms with Crippen molar-refractivity contribution in [3.63, 3.8) is 0 Å². The van der Waals surface area contributed by atoms with E-state index in [2.05, 4.69) is 37.6 Å². The molecule has 4 aromatic carbocycles. The molecule has 7 rings (SSSR count). The van der Waals surface area contributed by atoms with Crippen LogP contribution in [0.1, 0.15) is 93.0 Å². The molecule has 0 bridgehead atoms. The summed E-state index contributed by atoms with van der Waals surface area (Å²) in [5.41, 5.74) is 1.87. The lowest BCUT2D eigenvalue weighted by Gasteiger charge is -2.37. The topological polar surface area (TPSA) is 252 Å². The zero-order chi connectivity index (χ0) is 63.2. The van der Waals surface area contributed by atoms with Gasteiger partial charge < -0.3 is 60.3 Å². The van der Waals surface area contributed by atoms with E-state index >= 15 is 8.78 Å². The van der Waals surface area contributed by atoms with Crippen LogP contribution in [0.2, 0.25) is 10.0 Å². The summed E-state index contributed by atoms with van der Waals surface area (Å²) < 4.78 is 60.1. The maximum Gasteiger partial charge on any atom is 0.251 e. The van der Waals surface area contributed by atoms with E-state index in [1.807, 2.05) is 52.0 Å². The number of aliphatic hydroxyl groups is 1. The van der Waals surface area contributed by atoms with Crippen molar-refractivity contribution in [1.82, 2.24) is 31.2 Å². The number of anilines is 1. The number of β-amino-alcohol motifs (C(OH)–C–C–N with tert-alkyl or cyclic N) is 1. The van der Waals surface area contributed by atoms with Crippen LogP contribution in [0.15, 0.2) is 84.4 Å². The molecule has 24 heteroatoms. The zero-order valence-electron chi connectivity index (χ0n) is 50.0. The first-order valence-electron chi connectivity index (χ1n) is 28.6. The predicted molar refractivity (Wildman–Crippen MR) is 327 cm³/mol. The number of likely N-dealkylation sites (tertiary alicyclic amines) is 1. The molecule has 87 heavy (non-hydrogen) atoms. The second-order valence-corrected chi connectivity index (χ2v) is 25.4. The van der Waals surface area contributed by atoms with E-state index in [4.69, 9.17) is 46.9 Å². The fourth-order valence-electron chi connectivity index (χ4n) is 10.8. The van der Waals surface area contributed by atoms with E-state index in [9.17, 15) is 34.3 Å². The maximum absolute atomic E-state index is 16.2. The highest BCUT2D eigenvalue weighted by Crippen LogP contribution is 2.53. The normalized spacial score (nSPS) is 19.7. The van der Waals surface area contributed by atoms with Gasteiger partial charge in [0.25, 0.3) is 5.91 Å². The van der Waals surface area contributed by atoms with Gasteiger partial charge in [0, 0.05) is 54.2 Å². The number of nitrogens with one attached hydrogen (secondary N) is 5. The van der Waals surface area contributed by atoms with E-state index in [-0.39, 0.29) is 124 Å². The summed E-state index contributed by atoms with van der Waals surface area (Å²) in [4.78, 5) is 75.0. The zero-order valence-corrected chi connectivity index (χ0v) is 52.4. The summed E-state index contributed by atoms with van der Waals surface area (Å²) >= 11 is 14.0. The Labute approximate surface area is 520 Å². The first-order chi connectivity index (χ1) is 41.4. The van der Waals surface area contributed by atoms with Crippen molar-refractivity contribution in [3.8, 4) is 22.3 Å². The smallest absolute Gasteiger partial charge is 0.251 e. The molecule has 0 aliphatic carbocycles. The second kappa shape index (κ2) is 30.5. The van der Waals surface area contributed by atoms with E-state index in [0.29, 0.717) is 0 Å². The number of nitriles is 1. The van der Waals surface area contributed by atoms with E-state index in [0.717, 1.165) is 27.8 Å². The van der Waals surface area contributed by atoms with Gasteiger partial charge in [-0.1, -0.05) is 107 Å². The van der Waals surface area contributed by atoms with Crippen molar-refractivity contribution < 1.29 is 61.5 Å². The van der Waals surface area contributed by atoms with Crippen molar-refractivity contribution in [1.29, 1.82) is 5.26 Å². The largest absolute Gasteiger partial charge is 0.495 e. The molecular formula is C63H76Cl2F2N8O11S. The number of aromatic nitrogens is 1. The number of carbonyl (C=O) groups excluding carboxylic acids is 5. The van der Waals surface area contributed by atoms with Crippen LogP contribution in [0, 0.1) is 40.7 Å². The van der Waals surface area contributed by atoms with Gasteiger partial charge in [0.1, 0.15) is 41.5 Å². The molecule has 7 atom stereocenters. The van der Waals surface area contributed by atoms with Crippen molar-refractivity contribution in [2.24, 2.45) is 10.8 Å². The number of aliphatic hydroxyl groups excluding tert-OH is 1. The minimum Gasteiger partial charge on any atom is -0.495 e. The van der Waals surface area contributed by atoms with Crippen LogP contribution in [-0.4, -0.2) is 148 Å². The van der Waals surface area contributed by atoms with E-state index in [1.54, 1.807) is 37.6 Å². The fourth-order valence-corrected chi connectivity index (χ4v) is 12.0. The Hall–Kier alpha value is -6.65. The van der Waals surface area contributed by atoms with Gasteiger partial charge in [-0.05, 0) is 77.3 Å². The summed E-state index contributed by atoms with van der Waals surface area (Å²) in [5.74, 6) is -5.36. The molecule has 2 aliphatic rings. The second-order valence-electron chi connectivity index (χ2n) is 23.7. The average molecular weight is 1260 g/mol. The third-order valence-electron chi connectivity index (χ3n) is 15.0. The Morgan fingerprint density at radius 1 is 0.885 bits per heavy atom. The molecule has 5 amide bonds. The van der Waals surface area contributed by atoms with E-state index in [1.165, 1.54) is 60.5 Å². The predicted octanol–water partition coefficient (Wildman–Crippen LogP) is 8.28. The van der Waals surface area contributed by atoms with Gasteiger partial charge in [0.05, 0.1) is 98.4 Å². The number of ether oxygens (including phenoxy) is 5. The Bertz CT molecular complexity index is 3270. The molecule has 3 unspecified atom stereocenters. The van der Waals surface area contributed by atoms with Crippen molar-refractivity contribution in [2.75, 3.05) is 78.4 Å². The maximum atomic E-state index is 16.2. The molecule has 0 spiro atoms. The lowest BCUT2D eigenvalue weighted by Crippen LogP contribution is -2.58. The number of thiazole rings is 1. The number of benzene rings is 4. The standard InChI is InChI=1S/C63H76Cl2F2N8O11S/c1-37-55(87-36-71-37)39-14-12-38(13-15-39)32-70-58(79)48-30-42(76)33-75(48)60(81)56(62(5,6)7)74-51(77)34-86-27-26-85-25-24-84-23-22-83-21-20-69-57(78)40-16-19-47(49(28-40)82-8)72-59(80)54-52(43-10-9-11-45(65)53(43)67)63(35-68,50(73-54)31-61(2,3)4)44-18-17-41(64)29-46(44)66/h9-19,28-29,36,42,48,50,52,54,56,73,76H,20-27,30-34H2,1-8H3,(H,69,78)(H,70,79)(H,72,80)(H,74,77)/t42-,48+,50?,52?,54+,56-,63?/m1/s1. The highest BCUT2D eigenvalue weighted by atomic mass is 35.5. The van der Waals surface area contributed by atoms with Gasteiger partial charge in [-0.25, -0.2) is 13.8 Å². The molecule has 19 nitrogen and oxygen atoms in total. The molecule has 2 aliphatic heterocycles. The summed E-state index contributed by atoms with van der Waals surface area (Å²) in [7, 11) is 1.36. The van der Waals surface area contributed by atoms with Crippen molar-refractivity contribution >= 4 is 69.8 Å². The van der Waals surface area contributed by atoms with Gasteiger partial charge in [-0.15, -0.1) is 11.3 Å². The molecular weight excluding hydrogens is 1190 g/mol. The van der Waals surface area contributed by atoms with Gasteiger partial charge in [0.15, 0.2) is 0 Å². The van der Waals surface area contributed by atoms with Gasteiger partial charge in [-0.3, -0.25) is 24.0 Å². The Morgan fingerprint density at radius 2 is 1.56 bits per heavy atom. The number of halogens is 4. The van der Waals surface area contributed by atoms with Crippen LogP contribution in [-0.2, 0) is 50.1 Å². The lowest BCUT2D eigenvalue weighted by atomic mass is 9.62. The minimum absolute atomic E-state index is 0.0514. The van der Waals surface area contributed by atoms with Crippen LogP contribution in [0.4, 0.5) is 14.5 Å². The molecule has 2 saturated heterocycles. The number of nitrogens with zero attached hydrogens (tertiary/aromatic N) is 3. The Balaban J connectivity index is 0.795. The number of methoxy groups -OCH3 is 1. The lowest BCUT2D eigenvalue weighted by molar-refractivity contribution is -0.144. The monoisotopic (exact) mass is 1260 g/mol. The summed E-state index contributed by atoms with van der Waals surface area (Å²) in [6.07, 6.45) is -0.565. The van der Waals surface area contributed by atoms with Crippen LogP contribution in [0.5, 0.6) is 5.75 Å². The molecule has 0 saturated carbocycles. The Morgan fingerprint density at radius 3 is 2.18 bits per heavy atom. The van der Waals surface area contributed by atoms with Crippen molar-refractivity contribution in [2.45, 2.75) is 109 Å². The molecule has 3 heterocycles. The molecule has 0 radical (unpaired) electrons. The molecule has 5 aromatic rings. The summed E-state index contributed by atoms with van der Waals surface area (Å²) in [6.45, 7) is 14.5. The number of hydrogen-bond donors (Lipinski definition) is 6. The third-order valence-corrected chi connectivity index (χ3v) is 16.6. The first kappa shape index (κ1) is 67.9. The number of amides is 5. The van der Waals surface area contributed by atoms with E-state index < -0.39 is 93.6 Å². The van der Waals surface area contributed by atoms with Crippen LogP contribution >= 0.6 is 34.5 Å². The minimum atomic E-state index is -1.83. The molecule has 6 N–H and O–H groups in total. The highest BCUT2D eigenvalue weighted by molar-refractivity contribution is 7.13. The summed E-state index contributed by atoms with van der Waals surface area (Å²) in [5, 5.41) is 36.2. The van der Waals surface area contributed by atoms with Gasteiger partial charge >= 0.3 is 0 Å². The van der Waals surface area contributed by atoms with Crippen LogP contribution in [0.3, 0.4) is 0 Å². The molecule has 2 fully saturated rings. The summed E-state index contributed by atoms with van der Waals surface area (Å²) in [6, 6.07) is 18.6. The van der Waals surface area contributed by atoms with Crippen molar-refractivity contribution in [3.05, 3.63) is 134 Å². The SMILES string of the molecule is COc1cc(C(=O)NCCOCCOCCOCCOCC(=O)N[C@H](C(=O)N2C[C@H](O)C[C@H]2C(=O)NCc2ccc(-c3scnc3C)cc2)C(C)(C)C)ccc1NC(=O)[C@H]1NC(CC(C)(C)C)C(C#N)(c2ccc(Cl)cc2F)C1c1cccc(Cl)c1F. The van der Waals surface area contributed by atoms with Crippen LogP contribution < -0.4 is 31.3 Å². The number of hydrogen-bond acceptors (Lipinski definition) is 15. The van der Waals surface area contributed by atoms with Crippen LogP contribution in [0.25, 0.3) is 10.4 Å². The molecule has 1 aromatic heterocycles.